The number of nitro groups is 1. The van der Waals surface area contributed by atoms with E-state index >= 15 is 0 Å². The van der Waals surface area contributed by atoms with Crippen LogP contribution in [0.25, 0.3) is 0 Å². The summed E-state index contributed by atoms with van der Waals surface area (Å²) in [6.07, 6.45) is 0. The van der Waals surface area contributed by atoms with Crippen LogP contribution in [0, 0.1) is 16.0 Å². The lowest BCUT2D eigenvalue weighted by molar-refractivity contribution is -0.384. The summed E-state index contributed by atoms with van der Waals surface area (Å²) in [5.41, 5.74) is 0.763. The highest BCUT2D eigenvalue weighted by Gasteiger charge is 2.30. The fourth-order valence-corrected chi connectivity index (χ4v) is 3.09. The molecule has 0 radical (unpaired) electrons. The Hall–Kier alpha value is -3.75. The van der Waals surface area contributed by atoms with Gasteiger partial charge >= 0.3 is 5.97 Å². The molecule has 9 heteroatoms. The number of nitrogens with zero attached hydrogens (tertiary/aromatic N) is 2. The number of carbonyl (C=O) groups is 3. The molecule has 0 saturated heterocycles. The summed E-state index contributed by atoms with van der Waals surface area (Å²) in [6, 6.07) is 13.4. The highest BCUT2D eigenvalue weighted by atomic mass is 16.6. The highest BCUT2D eigenvalue weighted by Crippen LogP contribution is 2.17. The van der Waals surface area contributed by atoms with E-state index in [1.165, 1.54) is 23.1 Å². The van der Waals surface area contributed by atoms with E-state index in [0.717, 1.165) is 0 Å². The molecule has 2 aromatic rings. The first kappa shape index (κ1) is 24.5. The number of ether oxygens (including phenoxy) is 1. The van der Waals surface area contributed by atoms with Gasteiger partial charge in [0.15, 0.2) is 0 Å². The molecule has 0 aliphatic carbocycles. The molecule has 0 aromatic heterocycles. The Labute approximate surface area is 186 Å². The van der Waals surface area contributed by atoms with Crippen molar-refractivity contribution in [3.63, 3.8) is 0 Å². The number of non-ortho nitro benzene ring substituents is 1. The number of nitrogens with one attached hydrogen (secondary N) is 1. The van der Waals surface area contributed by atoms with E-state index in [9.17, 15) is 24.5 Å². The Morgan fingerprint density at radius 1 is 1.09 bits per heavy atom. The molecule has 2 amide bonds. The second-order valence-corrected chi connectivity index (χ2v) is 7.49. The third-order valence-corrected chi connectivity index (χ3v) is 4.69. The third kappa shape index (κ3) is 6.90. The van der Waals surface area contributed by atoms with Crippen molar-refractivity contribution in [1.29, 1.82) is 0 Å². The molecule has 2 aromatic carbocycles. The van der Waals surface area contributed by atoms with E-state index in [2.05, 4.69) is 5.32 Å². The topological polar surface area (TPSA) is 119 Å². The van der Waals surface area contributed by atoms with Crippen LogP contribution in [0.15, 0.2) is 54.6 Å². The Balaban J connectivity index is 2.29. The van der Waals surface area contributed by atoms with Crippen molar-refractivity contribution in [3.05, 3.63) is 75.8 Å². The van der Waals surface area contributed by atoms with Crippen molar-refractivity contribution in [2.45, 2.75) is 33.4 Å². The molecule has 2 rings (SSSR count). The van der Waals surface area contributed by atoms with Crippen LogP contribution >= 0.6 is 0 Å². The summed E-state index contributed by atoms with van der Waals surface area (Å²) in [6.45, 7) is 4.97. The minimum Gasteiger partial charge on any atom is -0.465 e. The number of hydrogen-bond donors (Lipinski definition) is 1. The minimum atomic E-state index is -0.907. The van der Waals surface area contributed by atoms with Crippen LogP contribution in [-0.2, 0) is 20.9 Å². The molecule has 0 bridgehead atoms. The summed E-state index contributed by atoms with van der Waals surface area (Å²) >= 11 is 0. The van der Waals surface area contributed by atoms with Crippen LogP contribution < -0.4 is 5.32 Å². The minimum absolute atomic E-state index is 0.0518. The molecule has 0 spiro atoms. The molecule has 0 unspecified atom stereocenters. The molecular weight excluding hydrogens is 414 g/mol. The number of hydrogen-bond acceptors (Lipinski definition) is 6. The Bertz CT molecular complexity index is 961. The predicted molar refractivity (Wildman–Crippen MR) is 118 cm³/mol. The number of benzene rings is 2. The van der Waals surface area contributed by atoms with E-state index in [1.54, 1.807) is 57.2 Å². The van der Waals surface area contributed by atoms with Crippen LogP contribution in [0.5, 0.6) is 0 Å². The van der Waals surface area contributed by atoms with Crippen molar-refractivity contribution in [1.82, 2.24) is 10.2 Å². The smallest absolute Gasteiger partial charge is 0.325 e. The van der Waals surface area contributed by atoms with Gasteiger partial charge in [-0.2, -0.15) is 0 Å². The van der Waals surface area contributed by atoms with Gasteiger partial charge in [-0.15, -0.1) is 0 Å². The van der Waals surface area contributed by atoms with Crippen molar-refractivity contribution in [3.8, 4) is 0 Å². The Kier molecular flexibility index (Phi) is 8.88. The first-order valence-corrected chi connectivity index (χ1v) is 10.3. The SMILES string of the molecule is CCOC(=O)CN(Cc1cccc([N+](=O)[O-])c1)C(=O)[C@@H](NC(=O)c1ccccc1)C(C)C. The van der Waals surface area contributed by atoms with E-state index in [1.807, 2.05) is 0 Å². The third-order valence-electron chi connectivity index (χ3n) is 4.69. The van der Waals surface area contributed by atoms with E-state index in [4.69, 9.17) is 4.74 Å². The fraction of sp³-hybridized carbons (Fsp3) is 0.348. The first-order valence-electron chi connectivity index (χ1n) is 10.3. The summed E-state index contributed by atoms with van der Waals surface area (Å²) in [5, 5.41) is 13.8. The average Bonchev–Trinajstić information content (AvgIpc) is 2.77. The molecule has 0 heterocycles. The molecule has 170 valence electrons. The second kappa shape index (κ2) is 11.6. The number of esters is 1. The maximum absolute atomic E-state index is 13.4. The number of carbonyl (C=O) groups excluding carboxylic acids is 3. The zero-order valence-electron chi connectivity index (χ0n) is 18.3. The number of rotatable bonds is 10. The van der Waals surface area contributed by atoms with Gasteiger partial charge in [-0.25, -0.2) is 0 Å². The monoisotopic (exact) mass is 441 g/mol. The van der Waals surface area contributed by atoms with E-state index in [-0.39, 0.29) is 31.3 Å². The molecular formula is C23H27N3O6. The molecule has 0 aliphatic rings. The molecule has 1 N–H and O–H groups in total. The van der Waals surface area contributed by atoms with Gasteiger partial charge in [-0.3, -0.25) is 24.5 Å². The summed E-state index contributed by atoms with van der Waals surface area (Å²) < 4.78 is 4.98. The van der Waals surface area contributed by atoms with Gasteiger partial charge in [0.1, 0.15) is 12.6 Å². The lowest BCUT2D eigenvalue weighted by Gasteiger charge is -2.29. The van der Waals surface area contributed by atoms with Gasteiger partial charge < -0.3 is 15.0 Å². The first-order chi connectivity index (χ1) is 15.2. The lowest BCUT2D eigenvalue weighted by atomic mass is 10.0. The number of nitro benzene ring substituents is 1. The standard InChI is InChI=1S/C23H27N3O6/c1-4-32-20(27)15-25(14-17-9-8-12-19(13-17)26(30)31)23(29)21(16(2)3)24-22(28)18-10-6-5-7-11-18/h5-13,16,21H,4,14-15H2,1-3H3,(H,24,28)/t21-/m0/s1. The lowest BCUT2D eigenvalue weighted by Crippen LogP contribution is -2.52. The van der Waals surface area contributed by atoms with Crippen LogP contribution in [0.2, 0.25) is 0 Å². The molecule has 1 atom stereocenters. The van der Waals surface area contributed by atoms with Crippen LogP contribution in [0.4, 0.5) is 5.69 Å². The molecule has 0 fully saturated rings. The quantitative estimate of drug-likeness (QED) is 0.344. The summed E-state index contributed by atoms with van der Waals surface area (Å²) in [4.78, 5) is 50.0. The van der Waals surface area contributed by atoms with Gasteiger partial charge in [-0.05, 0) is 30.5 Å². The van der Waals surface area contributed by atoms with Crippen LogP contribution in [-0.4, -0.2) is 46.8 Å². The van der Waals surface area contributed by atoms with E-state index in [0.29, 0.717) is 11.1 Å². The van der Waals surface area contributed by atoms with Crippen molar-refractivity contribution >= 4 is 23.5 Å². The number of amides is 2. The van der Waals surface area contributed by atoms with Crippen molar-refractivity contribution in [2.75, 3.05) is 13.2 Å². The zero-order valence-corrected chi connectivity index (χ0v) is 18.3. The molecule has 9 nitrogen and oxygen atoms in total. The van der Waals surface area contributed by atoms with Crippen molar-refractivity contribution < 1.29 is 24.0 Å². The second-order valence-electron chi connectivity index (χ2n) is 7.49. The highest BCUT2D eigenvalue weighted by molar-refractivity contribution is 5.98. The van der Waals surface area contributed by atoms with Gasteiger partial charge in [0.2, 0.25) is 5.91 Å². The van der Waals surface area contributed by atoms with Gasteiger partial charge in [0.05, 0.1) is 11.5 Å². The normalized spacial score (nSPS) is 11.5. The van der Waals surface area contributed by atoms with Crippen molar-refractivity contribution in [2.24, 2.45) is 5.92 Å². The fourth-order valence-electron chi connectivity index (χ4n) is 3.09. The van der Waals surface area contributed by atoms with Crippen LogP contribution in [0.3, 0.4) is 0 Å². The van der Waals surface area contributed by atoms with Gasteiger partial charge in [0.25, 0.3) is 11.6 Å². The zero-order chi connectivity index (χ0) is 23.7. The Morgan fingerprint density at radius 3 is 2.38 bits per heavy atom. The maximum Gasteiger partial charge on any atom is 0.325 e. The summed E-state index contributed by atoms with van der Waals surface area (Å²) in [7, 11) is 0. The Morgan fingerprint density at radius 2 is 1.78 bits per heavy atom. The maximum atomic E-state index is 13.4. The summed E-state index contributed by atoms with van der Waals surface area (Å²) in [5.74, 6) is -1.78. The average molecular weight is 441 g/mol. The van der Waals surface area contributed by atoms with Crippen LogP contribution in [0.1, 0.15) is 36.7 Å². The predicted octanol–water partition coefficient (Wildman–Crippen LogP) is 2.94. The largest absolute Gasteiger partial charge is 0.465 e. The van der Waals surface area contributed by atoms with E-state index < -0.39 is 28.7 Å². The van der Waals surface area contributed by atoms with Gasteiger partial charge in [-0.1, -0.05) is 44.2 Å². The van der Waals surface area contributed by atoms with Gasteiger partial charge in [0, 0.05) is 24.2 Å². The molecule has 0 aliphatic heterocycles. The molecule has 0 saturated carbocycles. The molecule has 32 heavy (non-hydrogen) atoms.